The molecule has 0 bridgehead atoms. The number of aldehydes is 1. The summed E-state index contributed by atoms with van der Waals surface area (Å²) in [6.07, 6.45) is 4.92. The Hall–Kier alpha value is -1.91. The molecule has 0 saturated heterocycles. The summed E-state index contributed by atoms with van der Waals surface area (Å²) in [5.74, 6) is 0. The number of nitrogens with zero attached hydrogens (tertiary/aromatic N) is 1. The SMILES string of the molecule is CCN(CCO)c1ccc(C=Cc2ccc(C=O)s2)cc1. The zero-order chi connectivity index (χ0) is 15.1. The molecule has 0 saturated carbocycles. The van der Waals surface area contributed by atoms with Gasteiger partial charge in [-0.25, -0.2) is 0 Å². The van der Waals surface area contributed by atoms with Crippen molar-refractivity contribution in [2.24, 2.45) is 0 Å². The fraction of sp³-hybridized carbons (Fsp3) is 0.235. The van der Waals surface area contributed by atoms with Gasteiger partial charge in [0.2, 0.25) is 0 Å². The summed E-state index contributed by atoms with van der Waals surface area (Å²) in [6.45, 7) is 3.76. The molecule has 110 valence electrons. The lowest BCUT2D eigenvalue weighted by Crippen LogP contribution is -2.25. The van der Waals surface area contributed by atoms with Gasteiger partial charge in [-0.1, -0.05) is 18.2 Å². The average Bonchev–Trinajstić information content (AvgIpc) is 2.99. The summed E-state index contributed by atoms with van der Waals surface area (Å²) in [5.41, 5.74) is 2.22. The molecule has 3 nitrogen and oxygen atoms in total. The molecule has 1 N–H and O–H groups in total. The van der Waals surface area contributed by atoms with Gasteiger partial charge in [-0.3, -0.25) is 4.79 Å². The van der Waals surface area contributed by atoms with Crippen LogP contribution in [0.25, 0.3) is 12.2 Å². The van der Waals surface area contributed by atoms with Crippen molar-refractivity contribution in [1.29, 1.82) is 0 Å². The van der Waals surface area contributed by atoms with Crippen molar-refractivity contribution in [3.05, 3.63) is 51.7 Å². The molecular weight excluding hydrogens is 282 g/mol. The van der Waals surface area contributed by atoms with E-state index in [-0.39, 0.29) is 6.61 Å². The van der Waals surface area contributed by atoms with E-state index in [0.717, 1.165) is 33.8 Å². The van der Waals surface area contributed by atoms with Gasteiger partial charge in [-0.2, -0.15) is 0 Å². The lowest BCUT2D eigenvalue weighted by atomic mass is 10.1. The first-order chi connectivity index (χ1) is 10.3. The van der Waals surface area contributed by atoms with Crippen molar-refractivity contribution < 1.29 is 9.90 Å². The maximum absolute atomic E-state index is 10.6. The second kappa shape index (κ2) is 7.76. The molecule has 0 aliphatic carbocycles. The van der Waals surface area contributed by atoms with Crippen LogP contribution in [0.4, 0.5) is 5.69 Å². The number of aliphatic hydroxyl groups is 1. The fourth-order valence-corrected chi connectivity index (χ4v) is 2.81. The van der Waals surface area contributed by atoms with Gasteiger partial charge in [0.05, 0.1) is 11.5 Å². The number of carbonyl (C=O) groups excluding carboxylic acids is 1. The number of rotatable bonds is 7. The van der Waals surface area contributed by atoms with Gasteiger partial charge in [-0.05, 0) is 42.8 Å². The second-order valence-electron chi connectivity index (χ2n) is 4.59. The highest BCUT2D eigenvalue weighted by molar-refractivity contribution is 7.14. The minimum atomic E-state index is 0.160. The van der Waals surface area contributed by atoms with Crippen LogP contribution in [-0.4, -0.2) is 31.1 Å². The molecule has 0 fully saturated rings. The summed E-state index contributed by atoms with van der Waals surface area (Å²) in [4.78, 5) is 14.6. The molecule has 2 aromatic rings. The predicted molar refractivity (Wildman–Crippen MR) is 90.0 cm³/mol. The highest BCUT2D eigenvalue weighted by Crippen LogP contribution is 2.19. The number of likely N-dealkylation sites (N-methyl/N-ethyl adjacent to an activating group) is 1. The standard InChI is InChI=1S/C17H19NO2S/c1-2-18(11-12-19)15-6-3-14(4-7-15)5-8-16-9-10-17(13-20)21-16/h3-10,13,19H,2,11-12H2,1H3. The number of hydrogen-bond acceptors (Lipinski definition) is 4. The third-order valence-electron chi connectivity index (χ3n) is 3.21. The maximum atomic E-state index is 10.6. The molecule has 4 heteroatoms. The van der Waals surface area contributed by atoms with E-state index < -0.39 is 0 Å². The van der Waals surface area contributed by atoms with Gasteiger partial charge in [0.25, 0.3) is 0 Å². The second-order valence-corrected chi connectivity index (χ2v) is 5.73. The van der Waals surface area contributed by atoms with Crippen molar-refractivity contribution >= 4 is 35.5 Å². The molecule has 21 heavy (non-hydrogen) atoms. The number of benzene rings is 1. The molecule has 0 amide bonds. The summed E-state index contributed by atoms with van der Waals surface area (Å²) in [6, 6.07) is 12.0. The monoisotopic (exact) mass is 301 g/mol. The number of anilines is 1. The van der Waals surface area contributed by atoms with Crippen molar-refractivity contribution in [2.75, 3.05) is 24.6 Å². The molecule has 0 spiro atoms. The summed E-state index contributed by atoms with van der Waals surface area (Å²) in [7, 11) is 0. The van der Waals surface area contributed by atoms with Gasteiger partial charge >= 0.3 is 0 Å². The molecule has 1 aromatic carbocycles. The third-order valence-corrected chi connectivity index (χ3v) is 4.19. The normalized spacial score (nSPS) is 11.0. The summed E-state index contributed by atoms with van der Waals surface area (Å²) >= 11 is 1.48. The molecule has 0 aliphatic rings. The van der Waals surface area contributed by atoms with E-state index in [2.05, 4.69) is 36.1 Å². The molecule has 1 aromatic heterocycles. The van der Waals surface area contributed by atoms with Gasteiger partial charge in [-0.15, -0.1) is 11.3 Å². The lowest BCUT2D eigenvalue weighted by molar-refractivity contribution is 0.112. The Morgan fingerprint density at radius 3 is 2.38 bits per heavy atom. The van der Waals surface area contributed by atoms with E-state index in [4.69, 9.17) is 5.11 Å². The third kappa shape index (κ3) is 4.28. The van der Waals surface area contributed by atoms with Crippen LogP contribution in [0.5, 0.6) is 0 Å². The maximum Gasteiger partial charge on any atom is 0.160 e. The first-order valence-electron chi connectivity index (χ1n) is 6.95. The molecule has 2 rings (SSSR count). The minimum Gasteiger partial charge on any atom is -0.395 e. The zero-order valence-electron chi connectivity index (χ0n) is 12.0. The largest absolute Gasteiger partial charge is 0.395 e. The Bertz CT molecular complexity index is 602. The van der Waals surface area contributed by atoms with Crippen LogP contribution >= 0.6 is 11.3 Å². The molecule has 0 aliphatic heterocycles. The van der Waals surface area contributed by atoms with Crippen molar-refractivity contribution in [3.63, 3.8) is 0 Å². The Balaban J connectivity index is 2.06. The Kier molecular flexibility index (Phi) is 5.72. The number of carbonyl (C=O) groups is 1. The van der Waals surface area contributed by atoms with Gasteiger partial charge < -0.3 is 10.0 Å². The van der Waals surface area contributed by atoms with E-state index in [1.54, 1.807) is 0 Å². The fourth-order valence-electron chi connectivity index (χ4n) is 2.09. The van der Waals surface area contributed by atoms with Crippen LogP contribution in [0, 0.1) is 0 Å². The van der Waals surface area contributed by atoms with Crippen molar-refractivity contribution in [3.8, 4) is 0 Å². The summed E-state index contributed by atoms with van der Waals surface area (Å²) < 4.78 is 0. The van der Waals surface area contributed by atoms with E-state index >= 15 is 0 Å². The highest BCUT2D eigenvalue weighted by atomic mass is 32.1. The number of thiophene rings is 1. The average molecular weight is 301 g/mol. The van der Waals surface area contributed by atoms with E-state index in [1.165, 1.54) is 11.3 Å². The Morgan fingerprint density at radius 1 is 1.10 bits per heavy atom. The highest BCUT2D eigenvalue weighted by Gasteiger charge is 2.02. The number of hydrogen-bond donors (Lipinski definition) is 1. The molecule has 0 unspecified atom stereocenters. The van der Waals surface area contributed by atoms with E-state index in [1.807, 2.05) is 24.3 Å². The Morgan fingerprint density at radius 2 is 1.81 bits per heavy atom. The van der Waals surface area contributed by atoms with Gasteiger partial charge in [0, 0.05) is 23.7 Å². The Labute approximate surface area is 129 Å². The minimum absolute atomic E-state index is 0.160. The lowest BCUT2D eigenvalue weighted by Gasteiger charge is -2.21. The van der Waals surface area contributed by atoms with Crippen molar-refractivity contribution in [2.45, 2.75) is 6.92 Å². The molecule has 0 atom stereocenters. The quantitative estimate of drug-likeness (QED) is 0.795. The van der Waals surface area contributed by atoms with Gasteiger partial charge in [0.1, 0.15) is 0 Å². The van der Waals surface area contributed by atoms with Crippen LogP contribution in [0.1, 0.15) is 27.0 Å². The smallest absolute Gasteiger partial charge is 0.160 e. The van der Waals surface area contributed by atoms with Crippen LogP contribution in [0.2, 0.25) is 0 Å². The van der Waals surface area contributed by atoms with E-state index in [9.17, 15) is 4.79 Å². The van der Waals surface area contributed by atoms with Crippen molar-refractivity contribution in [1.82, 2.24) is 0 Å². The molecular formula is C17H19NO2S. The van der Waals surface area contributed by atoms with Crippen LogP contribution in [0.15, 0.2) is 36.4 Å². The van der Waals surface area contributed by atoms with Crippen LogP contribution in [0.3, 0.4) is 0 Å². The first kappa shape index (κ1) is 15.5. The molecule has 0 radical (unpaired) electrons. The van der Waals surface area contributed by atoms with Crippen LogP contribution < -0.4 is 4.90 Å². The zero-order valence-corrected chi connectivity index (χ0v) is 12.8. The summed E-state index contributed by atoms with van der Waals surface area (Å²) in [5, 5.41) is 9.04. The van der Waals surface area contributed by atoms with E-state index in [0.29, 0.717) is 6.54 Å². The van der Waals surface area contributed by atoms with Gasteiger partial charge in [0.15, 0.2) is 6.29 Å². The topological polar surface area (TPSA) is 40.5 Å². The molecule has 1 heterocycles. The predicted octanol–water partition coefficient (Wildman–Crippen LogP) is 3.55. The first-order valence-corrected chi connectivity index (χ1v) is 7.77. The van der Waals surface area contributed by atoms with Crippen LogP contribution in [-0.2, 0) is 0 Å². The number of aliphatic hydroxyl groups excluding tert-OH is 1.